The SMILES string of the molecule is CC(NCc1cccc(F)c1O)C(=O)N1CCCCC1. The highest BCUT2D eigenvalue weighted by Crippen LogP contribution is 2.20. The van der Waals surface area contributed by atoms with Gasteiger partial charge in [0.15, 0.2) is 11.6 Å². The first-order valence-electron chi connectivity index (χ1n) is 7.08. The number of aromatic hydroxyl groups is 1. The van der Waals surface area contributed by atoms with Crippen LogP contribution in [0.5, 0.6) is 5.75 Å². The predicted molar refractivity (Wildman–Crippen MR) is 74.8 cm³/mol. The van der Waals surface area contributed by atoms with Gasteiger partial charge in [0.2, 0.25) is 5.91 Å². The maximum Gasteiger partial charge on any atom is 0.239 e. The molecule has 1 heterocycles. The lowest BCUT2D eigenvalue weighted by atomic mass is 10.1. The topological polar surface area (TPSA) is 52.6 Å². The number of para-hydroxylation sites is 1. The second-order valence-electron chi connectivity index (χ2n) is 5.24. The number of amides is 1. The van der Waals surface area contributed by atoms with E-state index >= 15 is 0 Å². The van der Waals surface area contributed by atoms with Crippen LogP contribution in [0.1, 0.15) is 31.7 Å². The van der Waals surface area contributed by atoms with E-state index in [4.69, 9.17) is 0 Å². The highest BCUT2D eigenvalue weighted by molar-refractivity contribution is 5.81. The molecule has 1 saturated heterocycles. The Hall–Kier alpha value is -1.62. The third kappa shape index (κ3) is 3.48. The molecule has 110 valence electrons. The number of likely N-dealkylation sites (tertiary alicyclic amines) is 1. The maximum atomic E-state index is 13.2. The largest absolute Gasteiger partial charge is 0.505 e. The summed E-state index contributed by atoms with van der Waals surface area (Å²) in [5.41, 5.74) is 0.461. The van der Waals surface area contributed by atoms with Crippen LogP contribution < -0.4 is 5.32 Å². The Balaban J connectivity index is 1.89. The molecule has 1 aromatic rings. The van der Waals surface area contributed by atoms with Crippen LogP contribution in [0.3, 0.4) is 0 Å². The smallest absolute Gasteiger partial charge is 0.239 e. The molecule has 2 rings (SSSR count). The van der Waals surface area contributed by atoms with Gasteiger partial charge < -0.3 is 15.3 Å². The Morgan fingerprint density at radius 3 is 2.80 bits per heavy atom. The molecule has 1 aliphatic heterocycles. The first-order chi connectivity index (χ1) is 9.59. The summed E-state index contributed by atoms with van der Waals surface area (Å²) in [5.74, 6) is -0.919. The number of hydrogen-bond acceptors (Lipinski definition) is 3. The number of hydrogen-bond donors (Lipinski definition) is 2. The van der Waals surface area contributed by atoms with E-state index in [1.165, 1.54) is 12.5 Å². The van der Waals surface area contributed by atoms with E-state index in [9.17, 15) is 14.3 Å². The van der Waals surface area contributed by atoms with Crippen molar-refractivity contribution in [1.29, 1.82) is 0 Å². The Morgan fingerprint density at radius 2 is 2.10 bits per heavy atom. The molecule has 5 heteroatoms. The molecular weight excluding hydrogens is 259 g/mol. The lowest BCUT2D eigenvalue weighted by Gasteiger charge is -2.29. The number of rotatable bonds is 4. The summed E-state index contributed by atoms with van der Waals surface area (Å²) in [4.78, 5) is 14.1. The molecule has 1 unspecified atom stereocenters. The van der Waals surface area contributed by atoms with Crippen LogP contribution in [0.2, 0.25) is 0 Å². The van der Waals surface area contributed by atoms with Crippen LogP contribution >= 0.6 is 0 Å². The van der Waals surface area contributed by atoms with Gasteiger partial charge in [-0.05, 0) is 32.3 Å². The molecule has 1 aromatic carbocycles. The molecule has 4 nitrogen and oxygen atoms in total. The van der Waals surface area contributed by atoms with Gasteiger partial charge in [0.25, 0.3) is 0 Å². The zero-order valence-electron chi connectivity index (χ0n) is 11.7. The molecule has 20 heavy (non-hydrogen) atoms. The van der Waals surface area contributed by atoms with Crippen LogP contribution in [-0.2, 0) is 11.3 Å². The second kappa shape index (κ2) is 6.70. The summed E-state index contributed by atoms with van der Waals surface area (Å²) in [7, 11) is 0. The molecule has 0 aromatic heterocycles. The van der Waals surface area contributed by atoms with Gasteiger partial charge >= 0.3 is 0 Å². The molecule has 1 fully saturated rings. The van der Waals surface area contributed by atoms with Gasteiger partial charge in [-0.1, -0.05) is 12.1 Å². The molecule has 0 aliphatic carbocycles. The Kier molecular flexibility index (Phi) is 4.95. The van der Waals surface area contributed by atoms with Crippen molar-refractivity contribution in [1.82, 2.24) is 10.2 Å². The van der Waals surface area contributed by atoms with Crippen LogP contribution in [0.4, 0.5) is 4.39 Å². The molecule has 2 N–H and O–H groups in total. The number of nitrogens with zero attached hydrogens (tertiary/aromatic N) is 1. The zero-order chi connectivity index (χ0) is 14.5. The summed E-state index contributed by atoms with van der Waals surface area (Å²) in [5, 5.41) is 12.6. The zero-order valence-corrected chi connectivity index (χ0v) is 11.7. The van der Waals surface area contributed by atoms with Crippen molar-refractivity contribution < 1.29 is 14.3 Å². The number of nitrogens with one attached hydrogen (secondary N) is 1. The molecule has 0 spiro atoms. The average Bonchev–Trinajstić information content (AvgIpc) is 2.48. The van der Waals surface area contributed by atoms with Gasteiger partial charge in [0.1, 0.15) is 0 Å². The lowest BCUT2D eigenvalue weighted by Crippen LogP contribution is -2.46. The van der Waals surface area contributed by atoms with Crippen molar-refractivity contribution in [3.05, 3.63) is 29.6 Å². The Morgan fingerprint density at radius 1 is 1.40 bits per heavy atom. The van der Waals surface area contributed by atoms with E-state index in [0.29, 0.717) is 5.56 Å². The third-order valence-corrected chi connectivity index (χ3v) is 3.71. The van der Waals surface area contributed by atoms with Crippen LogP contribution in [-0.4, -0.2) is 35.0 Å². The van der Waals surface area contributed by atoms with Crippen molar-refractivity contribution in [3.8, 4) is 5.75 Å². The number of phenols is 1. The predicted octanol–water partition coefficient (Wildman–Crippen LogP) is 2.02. The van der Waals surface area contributed by atoms with Crippen molar-refractivity contribution in [3.63, 3.8) is 0 Å². The number of phenolic OH excluding ortho intramolecular Hbond substituents is 1. The van der Waals surface area contributed by atoms with Crippen molar-refractivity contribution in [2.75, 3.05) is 13.1 Å². The molecule has 1 amide bonds. The van der Waals surface area contributed by atoms with Crippen LogP contribution in [0.15, 0.2) is 18.2 Å². The van der Waals surface area contributed by atoms with E-state index in [2.05, 4.69) is 5.32 Å². The summed E-state index contributed by atoms with van der Waals surface area (Å²) < 4.78 is 13.2. The standard InChI is InChI=1S/C15H21FN2O2/c1-11(15(20)18-8-3-2-4-9-18)17-10-12-6-5-7-13(16)14(12)19/h5-7,11,17,19H,2-4,8-10H2,1H3. The normalized spacial score (nSPS) is 17.0. The summed E-state index contributed by atoms with van der Waals surface area (Å²) in [6.07, 6.45) is 3.30. The maximum absolute atomic E-state index is 13.2. The average molecular weight is 280 g/mol. The van der Waals surface area contributed by atoms with Crippen molar-refractivity contribution >= 4 is 5.91 Å². The second-order valence-corrected chi connectivity index (χ2v) is 5.24. The quantitative estimate of drug-likeness (QED) is 0.887. The van der Waals surface area contributed by atoms with Crippen LogP contribution in [0.25, 0.3) is 0 Å². The van der Waals surface area contributed by atoms with Gasteiger partial charge in [-0.3, -0.25) is 4.79 Å². The molecule has 0 radical (unpaired) electrons. The van der Waals surface area contributed by atoms with Crippen molar-refractivity contribution in [2.24, 2.45) is 0 Å². The minimum Gasteiger partial charge on any atom is -0.505 e. The number of carbonyl (C=O) groups excluding carboxylic acids is 1. The fourth-order valence-corrected chi connectivity index (χ4v) is 2.44. The minimum absolute atomic E-state index is 0.0700. The highest BCUT2D eigenvalue weighted by Gasteiger charge is 2.21. The van der Waals surface area contributed by atoms with E-state index in [-0.39, 0.29) is 24.2 Å². The van der Waals surface area contributed by atoms with E-state index < -0.39 is 5.82 Å². The van der Waals surface area contributed by atoms with Crippen LogP contribution in [0, 0.1) is 5.82 Å². The summed E-state index contributed by atoms with van der Waals surface area (Å²) >= 11 is 0. The fraction of sp³-hybridized carbons (Fsp3) is 0.533. The van der Waals surface area contributed by atoms with E-state index in [1.807, 2.05) is 4.90 Å². The van der Waals surface area contributed by atoms with Gasteiger partial charge in [-0.15, -0.1) is 0 Å². The number of piperidine rings is 1. The number of halogens is 1. The molecule has 0 saturated carbocycles. The third-order valence-electron chi connectivity index (χ3n) is 3.71. The molecule has 1 atom stereocenters. The van der Waals surface area contributed by atoms with Gasteiger partial charge in [-0.2, -0.15) is 0 Å². The summed E-state index contributed by atoms with van der Waals surface area (Å²) in [6.45, 7) is 3.70. The van der Waals surface area contributed by atoms with Gasteiger partial charge in [0, 0.05) is 25.2 Å². The molecule has 0 bridgehead atoms. The monoisotopic (exact) mass is 280 g/mol. The first kappa shape index (κ1) is 14.8. The Labute approximate surface area is 118 Å². The van der Waals surface area contributed by atoms with Gasteiger partial charge in [0.05, 0.1) is 6.04 Å². The minimum atomic E-state index is -0.640. The number of carbonyl (C=O) groups is 1. The first-order valence-corrected chi connectivity index (χ1v) is 7.08. The van der Waals surface area contributed by atoms with E-state index in [0.717, 1.165) is 25.9 Å². The van der Waals surface area contributed by atoms with E-state index in [1.54, 1.807) is 19.1 Å². The van der Waals surface area contributed by atoms with Crippen molar-refractivity contribution in [2.45, 2.75) is 38.8 Å². The Bertz CT molecular complexity index is 473. The molecule has 1 aliphatic rings. The van der Waals surface area contributed by atoms with Gasteiger partial charge in [-0.25, -0.2) is 4.39 Å². The lowest BCUT2D eigenvalue weighted by molar-refractivity contribution is -0.133. The fourth-order valence-electron chi connectivity index (χ4n) is 2.44. The molecular formula is C15H21FN2O2. The highest BCUT2D eigenvalue weighted by atomic mass is 19.1. The summed E-state index contributed by atoms with van der Waals surface area (Å²) in [6, 6.07) is 4.06. The number of benzene rings is 1.